The Balaban J connectivity index is 3.75. The molecule has 0 saturated heterocycles. The number of amides is 1. The molecule has 1 amide bonds. The number of carbonyl (C=O) groups excluding carboxylic acids is 1. The van der Waals surface area contributed by atoms with Gasteiger partial charge < -0.3 is 20.6 Å². The van der Waals surface area contributed by atoms with Gasteiger partial charge >= 0.3 is 0 Å². The van der Waals surface area contributed by atoms with E-state index in [1.165, 1.54) is 0 Å². The molecule has 0 saturated carbocycles. The Kier molecular flexibility index (Phi) is 7.34. The number of likely N-dealkylation sites (N-methyl/N-ethyl adjacent to an activating group) is 1. The van der Waals surface area contributed by atoms with Crippen molar-refractivity contribution in [3.05, 3.63) is 0 Å². The second-order valence-corrected chi connectivity index (χ2v) is 5.37. The molecule has 5 heteroatoms. The van der Waals surface area contributed by atoms with E-state index < -0.39 is 5.60 Å². The van der Waals surface area contributed by atoms with Gasteiger partial charge in [-0.05, 0) is 21.0 Å². The number of hydrogen-bond donors (Lipinski definition) is 3. The fourth-order valence-electron chi connectivity index (χ4n) is 1.59. The van der Waals surface area contributed by atoms with Crippen LogP contribution in [0.5, 0.6) is 0 Å². The van der Waals surface area contributed by atoms with Gasteiger partial charge in [-0.2, -0.15) is 0 Å². The van der Waals surface area contributed by atoms with E-state index in [1.807, 2.05) is 32.8 Å². The zero-order valence-corrected chi connectivity index (χ0v) is 11.7. The van der Waals surface area contributed by atoms with Crippen LogP contribution in [0.4, 0.5) is 0 Å². The van der Waals surface area contributed by atoms with E-state index in [4.69, 9.17) is 0 Å². The third-order valence-corrected chi connectivity index (χ3v) is 2.23. The highest BCUT2D eigenvalue weighted by Gasteiger charge is 2.21. The molecule has 0 rings (SSSR count). The molecule has 0 radical (unpaired) electrons. The Bertz CT molecular complexity index is 228. The molecule has 17 heavy (non-hydrogen) atoms. The van der Waals surface area contributed by atoms with E-state index in [2.05, 4.69) is 10.6 Å². The lowest BCUT2D eigenvalue weighted by Crippen LogP contribution is -2.47. The second kappa shape index (κ2) is 7.63. The van der Waals surface area contributed by atoms with Crippen molar-refractivity contribution in [2.75, 3.05) is 33.7 Å². The summed E-state index contributed by atoms with van der Waals surface area (Å²) in [6.45, 7) is 7.28. The maximum Gasteiger partial charge on any atom is 0.221 e. The van der Waals surface area contributed by atoms with E-state index >= 15 is 0 Å². The van der Waals surface area contributed by atoms with E-state index in [1.54, 1.807) is 6.92 Å². The Morgan fingerprint density at radius 2 is 2.00 bits per heavy atom. The van der Waals surface area contributed by atoms with E-state index in [0.29, 0.717) is 25.6 Å². The van der Waals surface area contributed by atoms with E-state index in [0.717, 1.165) is 0 Å². The van der Waals surface area contributed by atoms with Crippen molar-refractivity contribution in [3.8, 4) is 0 Å². The van der Waals surface area contributed by atoms with Crippen LogP contribution in [0, 0.1) is 0 Å². The lowest BCUT2D eigenvalue weighted by atomic mass is 10.1. The molecule has 0 aromatic heterocycles. The summed E-state index contributed by atoms with van der Waals surface area (Å²) in [5.41, 5.74) is -0.884. The van der Waals surface area contributed by atoms with Gasteiger partial charge in [-0.15, -0.1) is 0 Å². The van der Waals surface area contributed by atoms with Gasteiger partial charge in [-0.3, -0.25) is 4.79 Å². The third kappa shape index (κ3) is 10.2. The summed E-state index contributed by atoms with van der Waals surface area (Å²) < 4.78 is 0. The van der Waals surface area contributed by atoms with Crippen LogP contribution in [0.15, 0.2) is 0 Å². The highest BCUT2D eigenvalue weighted by Crippen LogP contribution is 2.02. The van der Waals surface area contributed by atoms with Crippen molar-refractivity contribution in [2.24, 2.45) is 0 Å². The van der Waals surface area contributed by atoms with E-state index in [-0.39, 0.29) is 12.5 Å². The maximum absolute atomic E-state index is 11.5. The summed E-state index contributed by atoms with van der Waals surface area (Å²) in [7, 11) is 3.78. The smallest absolute Gasteiger partial charge is 0.221 e. The van der Waals surface area contributed by atoms with Crippen LogP contribution < -0.4 is 10.6 Å². The summed E-state index contributed by atoms with van der Waals surface area (Å²) in [5, 5.41) is 15.9. The van der Waals surface area contributed by atoms with Gasteiger partial charge in [-0.1, -0.05) is 13.8 Å². The molecule has 5 nitrogen and oxygen atoms in total. The standard InChI is InChI=1S/C12H27N3O2/c1-10(2)13-7-6-11(16)14-8-12(3,17)9-15(4)5/h10,13,17H,6-9H2,1-5H3,(H,14,16). The van der Waals surface area contributed by atoms with Gasteiger partial charge in [0.15, 0.2) is 0 Å². The van der Waals surface area contributed by atoms with Crippen molar-refractivity contribution in [1.29, 1.82) is 0 Å². The molecule has 0 aromatic carbocycles. The van der Waals surface area contributed by atoms with Crippen molar-refractivity contribution in [2.45, 2.75) is 38.8 Å². The second-order valence-electron chi connectivity index (χ2n) is 5.37. The maximum atomic E-state index is 11.5. The normalized spacial score (nSPS) is 15.1. The molecule has 0 fully saturated rings. The SMILES string of the molecule is CC(C)NCCC(=O)NCC(C)(O)CN(C)C. The first-order chi connectivity index (χ1) is 7.73. The molecule has 0 bridgehead atoms. The van der Waals surface area contributed by atoms with Gasteiger partial charge in [0.1, 0.15) is 0 Å². The number of carbonyl (C=O) groups is 1. The number of hydrogen-bond acceptors (Lipinski definition) is 4. The average Bonchev–Trinajstić information content (AvgIpc) is 2.12. The molecule has 0 heterocycles. The van der Waals surface area contributed by atoms with Crippen LogP contribution in [0.3, 0.4) is 0 Å². The minimum absolute atomic E-state index is 0.0304. The summed E-state index contributed by atoms with van der Waals surface area (Å²) in [4.78, 5) is 13.4. The van der Waals surface area contributed by atoms with Crippen molar-refractivity contribution in [1.82, 2.24) is 15.5 Å². The Morgan fingerprint density at radius 3 is 2.47 bits per heavy atom. The van der Waals surface area contributed by atoms with Crippen LogP contribution in [0.25, 0.3) is 0 Å². The molecule has 0 spiro atoms. The van der Waals surface area contributed by atoms with Crippen LogP contribution in [-0.2, 0) is 4.79 Å². The molecule has 3 N–H and O–H groups in total. The Hall–Kier alpha value is -0.650. The highest BCUT2D eigenvalue weighted by atomic mass is 16.3. The number of nitrogens with zero attached hydrogens (tertiary/aromatic N) is 1. The predicted octanol–water partition coefficient (Wildman–Crippen LogP) is -0.197. The van der Waals surface area contributed by atoms with E-state index in [9.17, 15) is 9.90 Å². The molecule has 0 aromatic rings. The first-order valence-corrected chi connectivity index (χ1v) is 6.10. The predicted molar refractivity (Wildman–Crippen MR) is 69.9 cm³/mol. The van der Waals surface area contributed by atoms with Crippen molar-refractivity contribution < 1.29 is 9.90 Å². The molecular weight excluding hydrogens is 218 g/mol. The average molecular weight is 245 g/mol. The van der Waals surface area contributed by atoms with Crippen LogP contribution >= 0.6 is 0 Å². The molecule has 102 valence electrons. The lowest BCUT2D eigenvalue weighted by Gasteiger charge is -2.27. The van der Waals surface area contributed by atoms with Crippen LogP contribution in [0.2, 0.25) is 0 Å². The van der Waals surface area contributed by atoms with Gasteiger partial charge in [0.05, 0.1) is 5.60 Å². The van der Waals surface area contributed by atoms with Gasteiger partial charge in [-0.25, -0.2) is 0 Å². The fourth-order valence-corrected chi connectivity index (χ4v) is 1.59. The quantitative estimate of drug-likeness (QED) is 0.554. The van der Waals surface area contributed by atoms with Crippen molar-refractivity contribution >= 4 is 5.91 Å². The summed E-state index contributed by atoms with van der Waals surface area (Å²) in [5.74, 6) is -0.0304. The summed E-state index contributed by atoms with van der Waals surface area (Å²) in [6.07, 6.45) is 0.441. The minimum Gasteiger partial charge on any atom is -0.387 e. The first-order valence-electron chi connectivity index (χ1n) is 6.10. The fraction of sp³-hybridized carbons (Fsp3) is 0.917. The third-order valence-electron chi connectivity index (χ3n) is 2.23. The topological polar surface area (TPSA) is 64.6 Å². The van der Waals surface area contributed by atoms with Crippen molar-refractivity contribution in [3.63, 3.8) is 0 Å². The molecule has 0 aliphatic carbocycles. The van der Waals surface area contributed by atoms with Gasteiger partial charge in [0.2, 0.25) is 5.91 Å². The minimum atomic E-state index is -0.884. The Labute approximate surface area is 105 Å². The molecular formula is C12H27N3O2. The zero-order chi connectivity index (χ0) is 13.5. The monoisotopic (exact) mass is 245 g/mol. The molecule has 1 atom stereocenters. The molecule has 1 unspecified atom stereocenters. The number of aliphatic hydroxyl groups is 1. The van der Waals surface area contributed by atoms with Gasteiger partial charge in [0.25, 0.3) is 0 Å². The van der Waals surface area contributed by atoms with Crippen LogP contribution in [0.1, 0.15) is 27.2 Å². The lowest BCUT2D eigenvalue weighted by molar-refractivity contribution is -0.122. The molecule has 0 aliphatic rings. The summed E-state index contributed by atoms with van der Waals surface area (Å²) in [6, 6.07) is 0.389. The number of rotatable bonds is 8. The van der Waals surface area contributed by atoms with Gasteiger partial charge in [0, 0.05) is 32.1 Å². The van der Waals surface area contributed by atoms with Crippen LogP contribution in [-0.4, -0.2) is 61.3 Å². The number of nitrogens with one attached hydrogen (secondary N) is 2. The Morgan fingerprint density at radius 1 is 1.41 bits per heavy atom. The molecule has 0 aliphatic heterocycles. The highest BCUT2D eigenvalue weighted by molar-refractivity contribution is 5.76. The zero-order valence-electron chi connectivity index (χ0n) is 11.7. The first kappa shape index (κ1) is 16.4. The largest absolute Gasteiger partial charge is 0.387 e. The summed E-state index contributed by atoms with van der Waals surface area (Å²) >= 11 is 0.